The Morgan fingerprint density at radius 1 is 0.839 bits per heavy atom. The van der Waals surface area contributed by atoms with Crippen LogP contribution in [0.3, 0.4) is 0 Å². The summed E-state index contributed by atoms with van der Waals surface area (Å²) in [6.45, 7) is 9.12. The van der Waals surface area contributed by atoms with Gasteiger partial charge in [0.25, 0.3) is 0 Å². The highest BCUT2D eigenvalue weighted by atomic mass is 35.5. The Kier molecular flexibility index (Phi) is 10.1. The predicted octanol–water partition coefficient (Wildman–Crippen LogP) is 4.81. The van der Waals surface area contributed by atoms with Gasteiger partial charge in [-0.25, -0.2) is 0 Å². The molecular formula is C25H35ClO5. The molecule has 2 aromatic rings. The van der Waals surface area contributed by atoms with Gasteiger partial charge in [-0.05, 0) is 49.2 Å². The van der Waals surface area contributed by atoms with Crippen molar-refractivity contribution >= 4 is 11.6 Å². The molecule has 0 saturated carbocycles. The van der Waals surface area contributed by atoms with Crippen LogP contribution in [0.1, 0.15) is 38.8 Å². The first-order valence-corrected chi connectivity index (χ1v) is 11.1. The highest BCUT2D eigenvalue weighted by Gasteiger charge is 2.23. The second kappa shape index (κ2) is 12.3. The Balaban J connectivity index is 1.95. The number of aliphatic hydroxyl groups excluding tert-OH is 1. The Labute approximate surface area is 191 Å². The molecule has 172 valence electrons. The zero-order chi connectivity index (χ0) is 22.9. The molecule has 0 saturated heterocycles. The normalized spacial score (nSPS) is 13.8. The zero-order valence-corrected chi connectivity index (χ0v) is 19.9. The molecule has 0 spiro atoms. The Morgan fingerprint density at radius 2 is 1.32 bits per heavy atom. The van der Waals surface area contributed by atoms with E-state index in [1.807, 2.05) is 38.1 Å². The van der Waals surface area contributed by atoms with Gasteiger partial charge in [0.15, 0.2) is 0 Å². The molecule has 0 aliphatic carbocycles. The van der Waals surface area contributed by atoms with E-state index in [9.17, 15) is 5.11 Å². The van der Waals surface area contributed by atoms with Crippen molar-refractivity contribution < 1.29 is 24.1 Å². The van der Waals surface area contributed by atoms with Crippen molar-refractivity contribution in [3.63, 3.8) is 0 Å². The van der Waals surface area contributed by atoms with Crippen LogP contribution in [0.2, 0.25) is 0 Å². The number of halogens is 1. The lowest BCUT2D eigenvalue weighted by atomic mass is 9.78. The number of aliphatic hydroxyl groups is 1. The third-order valence-electron chi connectivity index (χ3n) is 5.16. The molecule has 2 rings (SSSR count). The summed E-state index contributed by atoms with van der Waals surface area (Å²) in [6.07, 6.45) is -0.685. The molecule has 0 heterocycles. The standard InChI is InChI=1S/C25H35ClO5/c1-18(2)29-15-21(27)16-30-22-10-6-19(7-11-22)25(3,4)20-8-12-23(13-9-20)31-17-24(14-26)28-5/h6-13,18,21,24,27H,14-17H2,1-5H3. The lowest BCUT2D eigenvalue weighted by Gasteiger charge is -2.26. The molecular weight excluding hydrogens is 416 g/mol. The van der Waals surface area contributed by atoms with Gasteiger partial charge in [-0.2, -0.15) is 0 Å². The fourth-order valence-electron chi connectivity index (χ4n) is 3.01. The first-order chi connectivity index (χ1) is 14.8. The first-order valence-electron chi connectivity index (χ1n) is 10.6. The lowest BCUT2D eigenvalue weighted by molar-refractivity contribution is -0.0122. The Morgan fingerprint density at radius 3 is 1.74 bits per heavy atom. The molecule has 0 radical (unpaired) electrons. The van der Waals surface area contributed by atoms with E-state index in [2.05, 4.69) is 38.1 Å². The van der Waals surface area contributed by atoms with E-state index in [0.717, 1.165) is 11.5 Å². The maximum Gasteiger partial charge on any atom is 0.119 e. The topological polar surface area (TPSA) is 57.2 Å². The van der Waals surface area contributed by atoms with Crippen LogP contribution >= 0.6 is 11.6 Å². The molecule has 1 N–H and O–H groups in total. The number of rotatable bonds is 13. The van der Waals surface area contributed by atoms with Crippen LogP contribution in [-0.2, 0) is 14.9 Å². The van der Waals surface area contributed by atoms with Crippen LogP contribution in [0.25, 0.3) is 0 Å². The second-order valence-electron chi connectivity index (χ2n) is 8.34. The van der Waals surface area contributed by atoms with Crippen molar-refractivity contribution in [1.82, 2.24) is 0 Å². The van der Waals surface area contributed by atoms with E-state index in [1.54, 1.807) is 7.11 Å². The van der Waals surface area contributed by atoms with Crippen molar-refractivity contribution in [3.8, 4) is 11.5 Å². The zero-order valence-electron chi connectivity index (χ0n) is 19.1. The van der Waals surface area contributed by atoms with Gasteiger partial charge < -0.3 is 24.1 Å². The summed E-state index contributed by atoms with van der Waals surface area (Å²) in [7, 11) is 1.63. The minimum Gasteiger partial charge on any atom is -0.491 e. The second-order valence-corrected chi connectivity index (χ2v) is 8.65. The molecule has 0 aliphatic heterocycles. The summed E-state index contributed by atoms with van der Waals surface area (Å²) < 4.78 is 22.1. The molecule has 0 aromatic heterocycles. The maximum absolute atomic E-state index is 9.94. The van der Waals surface area contributed by atoms with Gasteiger partial charge in [0.05, 0.1) is 18.6 Å². The van der Waals surface area contributed by atoms with Crippen molar-refractivity contribution in [2.24, 2.45) is 0 Å². The van der Waals surface area contributed by atoms with Gasteiger partial charge in [0.2, 0.25) is 0 Å². The summed E-state index contributed by atoms with van der Waals surface area (Å²) in [4.78, 5) is 0. The van der Waals surface area contributed by atoms with Crippen LogP contribution in [0.15, 0.2) is 48.5 Å². The summed E-state index contributed by atoms with van der Waals surface area (Å²) in [5.74, 6) is 1.90. The minimum absolute atomic E-state index is 0.0877. The number of benzene rings is 2. The van der Waals surface area contributed by atoms with Gasteiger partial charge in [-0.3, -0.25) is 0 Å². The SMILES string of the molecule is COC(CCl)COc1ccc(C(C)(C)c2ccc(OCC(O)COC(C)C)cc2)cc1. The lowest BCUT2D eigenvalue weighted by Crippen LogP contribution is -2.25. The van der Waals surface area contributed by atoms with Crippen LogP contribution in [0.5, 0.6) is 11.5 Å². The minimum atomic E-state index is -0.650. The molecule has 31 heavy (non-hydrogen) atoms. The quantitative estimate of drug-likeness (QED) is 0.444. The first kappa shape index (κ1) is 25.5. The van der Waals surface area contributed by atoms with E-state index in [4.69, 9.17) is 30.5 Å². The highest BCUT2D eigenvalue weighted by Crippen LogP contribution is 2.33. The van der Waals surface area contributed by atoms with Gasteiger partial charge >= 0.3 is 0 Å². The van der Waals surface area contributed by atoms with E-state index in [0.29, 0.717) is 12.5 Å². The maximum atomic E-state index is 9.94. The number of methoxy groups -OCH3 is 1. The number of ether oxygens (including phenoxy) is 4. The third-order valence-corrected chi connectivity index (χ3v) is 5.50. The Hall–Kier alpha value is -1.79. The summed E-state index contributed by atoms with van der Waals surface area (Å²) in [6, 6.07) is 16.1. The summed E-state index contributed by atoms with van der Waals surface area (Å²) >= 11 is 5.83. The molecule has 0 bridgehead atoms. The third kappa shape index (κ3) is 8.00. The van der Waals surface area contributed by atoms with Gasteiger partial charge in [0, 0.05) is 12.5 Å². The molecule has 2 aromatic carbocycles. The van der Waals surface area contributed by atoms with Crippen molar-refractivity contribution in [2.45, 2.75) is 51.4 Å². The van der Waals surface area contributed by atoms with E-state index in [-0.39, 0.29) is 30.8 Å². The predicted molar refractivity (Wildman–Crippen MR) is 125 cm³/mol. The van der Waals surface area contributed by atoms with Crippen LogP contribution in [0, 0.1) is 0 Å². The fourth-order valence-corrected chi connectivity index (χ4v) is 3.23. The number of hydrogen-bond acceptors (Lipinski definition) is 5. The molecule has 6 heteroatoms. The average molecular weight is 451 g/mol. The van der Waals surface area contributed by atoms with E-state index < -0.39 is 6.10 Å². The van der Waals surface area contributed by atoms with Gasteiger partial charge in [-0.15, -0.1) is 11.6 Å². The molecule has 5 nitrogen and oxygen atoms in total. The van der Waals surface area contributed by atoms with Gasteiger partial charge in [0.1, 0.15) is 36.9 Å². The van der Waals surface area contributed by atoms with Crippen molar-refractivity contribution in [1.29, 1.82) is 0 Å². The average Bonchev–Trinajstić information content (AvgIpc) is 2.77. The largest absolute Gasteiger partial charge is 0.491 e. The highest BCUT2D eigenvalue weighted by molar-refractivity contribution is 6.18. The summed E-state index contributed by atoms with van der Waals surface area (Å²) in [5.41, 5.74) is 2.15. The fraction of sp³-hybridized carbons (Fsp3) is 0.520. The molecule has 2 unspecified atom stereocenters. The van der Waals surface area contributed by atoms with Crippen LogP contribution in [-0.4, -0.2) is 56.2 Å². The monoisotopic (exact) mass is 450 g/mol. The molecule has 0 amide bonds. The van der Waals surface area contributed by atoms with Crippen molar-refractivity contribution in [3.05, 3.63) is 59.7 Å². The van der Waals surface area contributed by atoms with E-state index in [1.165, 1.54) is 11.1 Å². The molecule has 0 fully saturated rings. The summed E-state index contributed by atoms with van der Waals surface area (Å²) in [5, 5.41) is 9.94. The van der Waals surface area contributed by atoms with E-state index >= 15 is 0 Å². The molecule has 2 atom stereocenters. The Bertz CT molecular complexity index is 754. The molecule has 0 aliphatic rings. The van der Waals surface area contributed by atoms with Gasteiger partial charge in [-0.1, -0.05) is 38.1 Å². The van der Waals surface area contributed by atoms with Crippen LogP contribution < -0.4 is 9.47 Å². The van der Waals surface area contributed by atoms with Crippen LogP contribution in [0.4, 0.5) is 0 Å². The number of alkyl halides is 1. The number of hydrogen-bond donors (Lipinski definition) is 1. The smallest absolute Gasteiger partial charge is 0.119 e. The van der Waals surface area contributed by atoms with Crippen molar-refractivity contribution in [2.75, 3.05) is 32.8 Å².